The third kappa shape index (κ3) is 2.72. The lowest BCUT2D eigenvalue weighted by Gasteiger charge is -2.21. The van der Waals surface area contributed by atoms with Crippen LogP contribution < -0.4 is 0 Å². The van der Waals surface area contributed by atoms with Gasteiger partial charge in [0.1, 0.15) is 0 Å². The van der Waals surface area contributed by atoms with E-state index in [0.717, 1.165) is 25.9 Å². The topological polar surface area (TPSA) is 23.5 Å². The third-order valence-electron chi connectivity index (χ3n) is 2.69. The van der Waals surface area contributed by atoms with Gasteiger partial charge in [0, 0.05) is 25.6 Å². The molecular formula is C11H19NO. The van der Waals surface area contributed by atoms with E-state index in [1.807, 2.05) is 0 Å². The van der Waals surface area contributed by atoms with Gasteiger partial charge >= 0.3 is 0 Å². The molecule has 0 spiro atoms. The summed E-state index contributed by atoms with van der Waals surface area (Å²) in [6.45, 7) is 6.72. The van der Waals surface area contributed by atoms with Crippen molar-refractivity contribution < 1.29 is 5.11 Å². The molecule has 0 radical (unpaired) electrons. The van der Waals surface area contributed by atoms with Crippen LogP contribution in [0.25, 0.3) is 0 Å². The highest BCUT2D eigenvalue weighted by atomic mass is 16.3. The minimum Gasteiger partial charge on any atom is -0.395 e. The highest BCUT2D eigenvalue weighted by Crippen LogP contribution is 2.33. The van der Waals surface area contributed by atoms with Crippen molar-refractivity contribution >= 4 is 0 Å². The average molecular weight is 181 g/mol. The number of aliphatic hydroxyl groups excluding tert-OH is 1. The molecule has 1 N–H and O–H groups in total. The van der Waals surface area contributed by atoms with E-state index in [0.29, 0.717) is 11.5 Å². The SMILES string of the molecule is C#CCCN1CC(C)(C)CC1CO. The predicted octanol–water partition coefficient (Wildman–Crippen LogP) is 1.10. The van der Waals surface area contributed by atoms with Gasteiger partial charge in [-0.3, -0.25) is 4.90 Å². The van der Waals surface area contributed by atoms with E-state index in [9.17, 15) is 5.11 Å². The molecule has 1 aliphatic heterocycles. The summed E-state index contributed by atoms with van der Waals surface area (Å²) in [6.07, 6.45) is 7.08. The molecule has 0 aliphatic carbocycles. The Balaban J connectivity index is 2.49. The van der Waals surface area contributed by atoms with Gasteiger partial charge in [-0.1, -0.05) is 13.8 Å². The van der Waals surface area contributed by atoms with E-state index >= 15 is 0 Å². The molecule has 0 aromatic rings. The van der Waals surface area contributed by atoms with Gasteiger partial charge in [-0.2, -0.15) is 0 Å². The number of terminal acetylenes is 1. The molecule has 13 heavy (non-hydrogen) atoms. The molecule has 1 saturated heterocycles. The molecule has 74 valence electrons. The summed E-state index contributed by atoms with van der Waals surface area (Å²) in [5, 5.41) is 9.17. The maximum absolute atomic E-state index is 9.17. The fraction of sp³-hybridized carbons (Fsp3) is 0.818. The van der Waals surface area contributed by atoms with E-state index in [-0.39, 0.29) is 6.61 Å². The Morgan fingerprint density at radius 1 is 1.62 bits per heavy atom. The Hall–Kier alpha value is -0.520. The van der Waals surface area contributed by atoms with Crippen LogP contribution in [0.3, 0.4) is 0 Å². The molecule has 0 amide bonds. The zero-order chi connectivity index (χ0) is 9.90. The van der Waals surface area contributed by atoms with Gasteiger partial charge < -0.3 is 5.11 Å². The van der Waals surface area contributed by atoms with Crippen molar-refractivity contribution in [1.82, 2.24) is 4.90 Å². The molecule has 0 saturated carbocycles. The molecule has 1 atom stereocenters. The predicted molar refractivity (Wildman–Crippen MR) is 54.3 cm³/mol. The van der Waals surface area contributed by atoms with Crippen molar-refractivity contribution in [3.8, 4) is 12.3 Å². The van der Waals surface area contributed by atoms with Crippen LogP contribution in [0.1, 0.15) is 26.7 Å². The number of likely N-dealkylation sites (tertiary alicyclic amines) is 1. The standard InChI is InChI=1S/C11H19NO/c1-4-5-6-12-9-11(2,3)7-10(12)8-13/h1,10,13H,5-9H2,2-3H3. The first kappa shape index (κ1) is 10.6. The van der Waals surface area contributed by atoms with Gasteiger partial charge in [0.25, 0.3) is 0 Å². The molecule has 1 aliphatic rings. The number of aliphatic hydroxyl groups is 1. The Labute approximate surface area is 80.9 Å². The van der Waals surface area contributed by atoms with E-state index in [2.05, 4.69) is 24.7 Å². The summed E-state index contributed by atoms with van der Waals surface area (Å²) < 4.78 is 0. The molecule has 1 unspecified atom stereocenters. The van der Waals surface area contributed by atoms with Gasteiger partial charge in [-0.05, 0) is 11.8 Å². The van der Waals surface area contributed by atoms with Crippen molar-refractivity contribution in [2.45, 2.75) is 32.7 Å². The summed E-state index contributed by atoms with van der Waals surface area (Å²) in [6, 6.07) is 0.323. The highest BCUT2D eigenvalue weighted by molar-refractivity contribution is 4.93. The zero-order valence-corrected chi connectivity index (χ0v) is 8.58. The van der Waals surface area contributed by atoms with Crippen LogP contribution in [-0.2, 0) is 0 Å². The number of nitrogens with zero attached hydrogens (tertiary/aromatic N) is 1. The van der Waals surface area contributed by atoms with Gasteiger partial charge in [0.2, 0.25) is 0 Å². The maximum atomic E-state index is 9.17. The molecule has 2 nitrogen and oxygen atoms in total. The molecule has 0 aromatic heterocycles. The Morgan fingerprint density at radius 2 is 2.31 bits per heavy atom. The second-order valence-electron chi connectivity index (χ2n) is 4.63. The fourth-order valence-electron chi connectivity index (χ4n) is 2.16. The lowest BCUT2D eigenvalue weighted by molar-refractivity contribution is 0.161. The van der Waals surface area contributed by atoms with Gasteiger partial charge in [0.05, 0.1) is 6.61 Å². The Morgan fingerprint density at radius 3 is 2.85 bits per heavy atom. The van der Waals surface area contributed by atoms with Crippen LogP contribution in [0, 0.1) is 17.8 Å². The Bertz CT molecular complexity index is 205. The monoisotopic (exact) mass is 181 g/mol. The molecule has 1 rings (SSSR count). The van der Waals surface area contributed by atoms with Crippen molar-refractivity contribution in [2.24, 2.45) is 5.41 Å². The first-order chi connectivity index (χ1) is 6.09. The first-order valence-corrected chi connectivity index (χ1v) is 4.87. The molecular weight excluding hydrogens is 162 g/mol. The number of rotatable bonds is 3. The fourth-order valence-corrected chi connectivity index (χ4v) is 2.16. The summed E-state index contributed by atoms with van der Waals surface area (Å²) >= 11 is 0. The number of hydrogen-bond acceptors (Lipinski definition) is 2. The quantitative estimate of drug-likeness (QED) is 0.659. The molecule has 0 aromatic carbocycles. The molecule has 2 heteroatoms. The minimum atomic E-state index is 0.258. The van der Waals surface area contributed by atoms with Crippen LogP contribution in [0.5, 0.6) is 0 Å². The first-order valence-electron chi connectivity index (χ1n) is 4.87. The van der Waals surface area contributed by atoms with Gasteiger partial charge in [-0.25, -0.2) is 0 Å². The highest BCUT2D eigenvalue weighted by Gasteiger charge is 2.36. The lowest BCUT2D eigenvalue weighted by atomic mass is 9.91. The third-order valence-corrected chi connectivity index (χ3v) is 2.69. The van der Waals surface area contributed by atoms with Crippen molar-refractivity contribution in [1.29, 1.82) is 0 Å². The zero-order valence-electron chi connectivity index (χ0n) is 8.58. The van der Waals surface area contributed by atoms with E-state index in [1.54, 1.807) is 0 Å². The van der Waals surface area contributed by atoms with Crippen molar-refractivity contribution in [3.05, 3.63) is 0 Å². The molecule has 1 heterocycles. The van der Waals surface area contributed by atoms with Crippen LogP contribution in [0.2, 0.25) is 0 Å². The molecule has 0 bridgehead atoms. The average Bonchev–Trinajstić information content (AvgIpc) is 2.37. The van der Waals surface area contributed by atoms with E-state index < -0.39 is 0 Å². The molecule has 1 fully saturated rings. The van der Waals surface area contributed by atoms with Gasteiger partial charge in [0.15, 0.2) is 0 Å². The smallest absolute Gasteiger partial charge is 0.0587 e. The van der Waals surface area contributed by atoms with E-state index in [1.165, 1.54) is 0 Å². The van der Waals surface area contributed by atoms with Crippen LogP contribution >= 0.6 is 0 Å². The maximum Gasteiger partial charge on any atom is 0.0587 e. The lowest BCUT2D eigenvalue weighted by Crippen LogP contribution is -2.33. The van der Waals surface area contributed by atoms with Gasteiger partial charge in [-0.15, -0.1) is 12.3 Å². The normalized spacial score (nSPS) is 27.4. The second kappa shape index (κ2) is 4.13. The summed E-state index contributed by atoms with van der Waals surface area (Å²) in [4.78, 5) is 2.31. The second-order valence-corrected chi connectivity index (χ2v) is 4.63. The van der Waals surface area contributed by atoms with E-state index in [4.69, 9.17) is 6.42 Å². The minimum absolute atomic E-state index is 0.258. The van der Waals surface area contributed by atoms with Crippen molar-refractivity contribution in [3.63, 3.8) is 0 Å². The Kier molecular flexibility index (Phi) is 3.35. The van der Waals surface area contributed by atoms with Crippen molar-refractivity contribution in [2.75, 3.05) is 19.7 Å². The number of hydrogen-bond donors (Lipinski definition) is 1. The summed E-state index contributed by atoms with van der Waals surface area (Å²) in [5.74, 6) is 2.64. The van der Waals surface area contributed by atoms with Crippen LogP contribution in [-0.4, -0.2) is 35.7 Å². The van der Waals surface area contributed by atoms with Crippen LogP contribution in [0.15, 0.2) is 0 Å². The summed E-state index contributed by atoms with van der Waals surface area (Å²) in [7, 11) is 0. The van der Waals surface area contributed by atoms with Crippen LogP contribution in [0.4, 0.5) is 0 Å². The summed E-state index contributed by atoms with van der Waals surface area (Å²) in [5.41, 5.74) is 0.335. The largest absolute Gasteiger partial charge is 0.395 e.